The van der Waals surface area contributed by atoms with Crippen LogP contribution in [0.3, 0.4) is 0 Å². The van der Waals surface area contributed by atoms with Crippen molar-refractivity contribution >= 4 is 39.5 Å². The zero-order chi connectivity index (χ0) is 17.6. The van der Waals surface area contributed by atoms with Crippen LogP contribution in [0.4, 0.5) is 5.69 Å². The van der Waals surface area contributed by atoms with Crippen LogP contribution in [0, 0.1) is 11.8 Å². The molecule has 0 spiro atoms. The number of hydrogen-bond donors (Lipinski definition) is 0. The van der Waals surface area contributed by atoms with Crippen molar-refractivity contribution in [1.29, 1.82) is 0 Å². The predicted octanol–water partition coefficient (Wildman–Crippen LogP) is 6.60. The fraction of sp³-hybridized carbons (Fsp3) is 0.391. The fourth-order valence-electron chi connectivity index (χ4n) is 4.60. The smallest absolute Gasteiger partial charge is 0.0653 e. The topological polar surface area (TPSA) is 3.24 Å². The van der Waals surface area contributed by atoms with Crippen molar-refractivity contribution in [3.63, 3.8) is 0 Å². The maximum atomic E-state index is 3.58. The molecule has 0 bridgehead atoms. The maximum Gasteiger partial charge on any atom is 0.0653 e. The van der Waals surface area contributed by atoms with Gasteiger partial charge in [-0.15, -0.1) is 11.8 Å². The second-order valence-corrected chi connectivity index (χ2v) is 10.0. The summed E-state index contributed by atoms with van der Waals surface area (Å²) in [5.74, 6) is 2.93. The van der Waals surface area contributed by atoms with Crippen LogP contribution < -0.4 is 4.90 Å². The van der Waals surface area contributed by atoms with Crippen LogP contribution in [0.15, 0.2) is 65.1 Å². The molecule has 5 rings (SSSR count). The molecule has 0 amide bonds. The zero-order valence-corrected chi connectivity index (χ0v) is 17.3. The highest BCUT2D eigenvalue weighted by atomic mass is 79.9. The zero-order valence-electron chi connectivity index (χ0n) is 14.9. The highest BCUT2D eigenvalue weighted by Crippen LogP contribution is 2.64. The van der Waals surface area contributed by atoms with E-state index in [4.69, 9.17) is 0 Å². The van der Waals surface area contributed by atoms with Crippen molar-refractivity contribution in [3.8, 4) is 0 Å². The molecule has 1 nitrogen and oxygen atoms in total. The van der Waals surface area contributed by atoms with Crippen molar-refractivity contribution in [3.05, 3.63) is 70.7 Å². The largest absolute Gasteiger partial charge is 0.354 e. The van der Waals surface area contributed by atoms with Crippen LogP contribution in [-0.4, -0.2) is 16.7 Å². The molecule has 3 aliphatic rings. The summed E-state index contributed by atoms with van der Waals surface area (Å²) in [4.78, 5) is 2.65. The number of halogens is 1. The third-order valence-electron chi connectivity index (χ3n) is 6.11. The Kier molecular flexibility index (Phi) is 4.41. The van der Waals surface area contributed by atoms with Gasteiger partial charge in [-0.05, 0) is 67.3 Å². The molecule has 2 aliphatic carbocycles. The summed E-state index contributed by atoms with van der Waals surface area (Å²) in [5, 5.41) is 0. The average Bonchev–Trinajstić information content (AvgIpc) is 3.59. The van der Waals surface area contributed by atoms with E-state index in [9.17, 15) is 0 Å². The lowest BCUT2D eigenvalue weighted by Crippen LogP contribution is -2.45. The summed E-state index contributed by atoms with van der Waals surface area (Å²) in [6.45, 7) is 0. The normalized spacial score (nSPS) is 25.1. The number of thioether (sulfide) groups is 1. The van der Waals surface area contributed by atoms with E-state index < -0.39 is 0 Å². The molecule has 0 radical (unpaired) electrons. The first-order valence-electron chi connectivity index (χ1n) is 9.67. The second kappa shape index (κ2) is 6.76. The quantitative estimate of drug-likeness (QED) is 0.530. The number of rotatable bonds is 5. The van der Waals surface area contributed by atoms with Crippen LogP contribution in [0.2, 0.25) is 0 Å². The van der Waals surface area contributed by atoms with E-state index in [1.54, 1.807) is 0 Å². The molecule has 1 atom stereocenters. The Balaban J connectivity index is 1.52. The third-order valence-corrected chi connectivity index (χ3v) is 8.46. The SMILES string of the molecule is Brc1ccc(N2CSC(C3CC3)(C3CC3)[C@H]2/C=C/c2ccccc2)cc1. The molecule has 0 N–H and O–H groups in total. The van der Waals surface area contributed by atoms with E-state index in [-0.39, 0.29) is 0 Å². The highest BCUT2D eigenvalue weighted by Gasteiger charge is 2.62. The Morgan fingerprint density at radius 3 is 2.19 bits per heavy atom. The summed E-state index contributed by atoms with van der Waals surface area (Å²) < 4.78 is 1.58. The van der Waals surface area contributed by atoms with Gasteiger partial charge in [0, 0.05) is 14.9 Å². The van der Waals surface area contributed by atoms with Crippen LogP contribution in [0.1, 0.15) is 31.2 Å². The first-order chi connectivity index (χ1) is 12.8. The standard InChI is InChI=1S/C23H24BrNS/c24-20-11-13-21(14-12-20)25-16-26-23(18-7-8-18,19-9-10-19)22(25)15-6-17-4-2-1-3-5-17/h1-6,11-15,18-19,22H,7-10,16H2/b15-6+/t22-/m1/s1. The maximum absolute atomic E-state index is 3.58. The minimum Gasteiger partial charge on any atom is -0.354 e. The minimum absolute atomic E-state index is 0.429. The van der Waals surface area contributed by atoms with E-state index in [1.165, 1.54) is 36.9 Å². The van der Waals surface area contributed by atoms with Gasteiger partial charge in [-0.3, -0.25) is 0 Å². The van der Waals surface area contributed by atoms with Crippen molar-refractivity contribution in [2.45, 2.75) is 36.5 Å². The molecular formula is C23H24BrNS. The van der Waals surface area contributed by atoms with Gasteiger partial charge in [-0.2, -0.15) is 0 Å². The van der Waals surface area contributed by atoms with E-state index >= 15 is 0 Å². The van der Waals surface area contributed by atoms with E-state index in [0.29, 0.717) is 10.8 Å². The van der Waals surface area contributed by atoms with Crippen LogP contribution in [0.25, 0.3) is 6.08 Å². The Bertz CT molecular complexity index is 781. The van der Waals surface area contributed by atoms with Gasteiger partial charge in [0.25, 0.3) is 0 Å². The molecule has 2 aromatic carbocycles. The van der Waals surface area contributed by atoms with E-state index in [2.05, 4.69) is 99.3 Å². The van der Waals surface area contributed by atoms with Gasteiger partial charge in [-0.25, -0.2) is 0 Å². The van der Waals surface area contributed by atoms with Crippen LogP contribution >= 0.6 is 27.7 Å². The second-order valence-electron chi connectivity index (χ2n) is 7.84. The highest BCUT2D eigenvalue weighted by molar-refractivity contribution is 9.10. The summed E-state index contributed by atoms with van der Waals surface area (Å²) in [5.41, 5.74) is 2.66. The molecule has 26 heavy (non-hydrogen) atoms. The lowest BCUT2D eigenvalue weighted by molar-refractivity contribution is 0.426. The number of anilines is 1. The summed E-state index contributed by atoms with van der Waals surface area (Å²) in [6, 6.07) is 20.1. The molecule has 0 unspecified atom stereocenters. The minimum atomic E-state index is 0.429. The summed E-state index contributed by atoms with van der Waals surface area (Å²) >= 11 is 5.83. The number of hydrogen-bond acceptors (Lipinski definition) is 2. The Morgan fingerprint density at radius 2 is 1.58 bits per heavy atom. The van der Waals surface area contributed by atoms with Gasteiger partial charge in [0.15, 0.2) is 0 Å². The van der Waals surface area contributed by atoms with Crippen molar-refractivity contribution in [1.82, 2.24) is 0 Å². The Morgan fingerprint density at radius 1 is 0.923 bits per heavy atom. The van der Waals surface area contributed by atoms with Gasteiger partial charge in [0.05, 0.1) is 11.9 Å². The van der Waals surface area contributed by atoms with Gasteiger partial charge >= 0.3 is 0 Å². The molecule has 3 heteroatoms. The monoisotopic (exact) mass is 425 g/mol. The lowest BCUT2D eigenvalue weighted by Gasteiger charge is -2.37. The van der Waals surface area contributed by atoms with Crippen LogP contribution in [0.5, 0.6) is 0 Å². The van der Waals surface area contributed by atoms with E-state index in [0.717, 1.165) is 22.2 Å². The fourth-order valence-corrected chi connectivity index (χ4v) is 6.86. The van der Waals surface area contributed by atoms with E-state index in [1.807, 2.05) is 0 Å². The van der Waals surface area contributed by atoms with Crippen LogP contribution in [-0.2, 0) is 0 Å². The van der Waals surface area contributed by atoms with Gasteiger partial charge in [-0.1, -0.05) is 58.4 Å². The molecule has 3 fully saturated rings. The van der Waals surface area contributed by atoms with Crippen molar-refractivity contribution in [2.75, 3.05) is 10.8 Å². The molecular weight excluding hydrogens is 402 g/mol. The van der Waals surface area contributed by atoms with Gasteiger partial charge < -0.3 is 4.90 Å². The van der Waals surface area contributed by atoms with Crippen molar-refractivity contribution in [2.24, 2.45) is 11.8 Å². The number of nitrogens with zero attached hydrogens (tertiary/aromatic N) is 1. The third kappa shape index (κ3) is 3.03. The first kappa shape index (κ1) is 16.9. The predicted molar refractivity (Wildman–Crippen MR) is 117 cm³/mol. The van der Waals surface area contributed by atoms with Crippen molar-refractivity contribution < 1.29 is 0 Å². The lowest BCUT2D eigenvalue weighted by atomic mass is 9.86. The Hall–Kier alpha value is -1.19. The molecule has 134 valence electrons. The average molecular weight is 426 g/mol. The van der Waals surface area contributed by atoms with Gasteiger partial charge in [0.2, 0.25) is 0 Å². The summed E-state index contributed by atoms with van der Waals surface area (Å²) in [6.07, 6.45) is 10.6. The molecule has 0 aromatic heterocycles. The van der Waals surface area contributed by atoms with Gasteiger partial charge in [0.1, 0.15) is 0 Å². The molecule has 2 aromatic rings. The first-order valence-corrected chi connectivity index (χ1v) is 11.4. The number of benzene rings is 2. The molecule has 1 saturated heterocycles. The summed E-state index contributed by atoms with van der Waals surface area (Å²) in [7, 11) is 0. The Labute approximate surface area is 169 Å². The molecule has 2 saturated carbocycles. The molecule has 1 aliphatic heterocycles. The molecule has 1 heterocycles.